The average molecular weight is 209 g/mol. The van der Waals surface area contributed by atoms with Crippen LogP contribution in [0.2, 0.25) is 0 Å². The standard InChI is InChI=1S/C10H15N3O2/c1-7(14)6-9(15)12-8(2)10-11-4-5-13(10)3/h4-5,8H,6H2,1-3H3,(H,12,15). The molecule has 0 aromatic carbocycles. The van der Waals surface area contributed by atoms with E-state index in [1.165, 1.54) is 6.92 Å². The Hall–Kier alpha value is -1.65. The normalized spacial score (nSPS) is 12.2. The molecule has 5 heteroatoms. The summed E-state index contributed by atoms with van der Waals surface area (Å²) in [5.74, 6) is 0.365. The van der Waals surface area contributed by atoms with Gasteiger partial charge in [-0.3, -0.25) is 9.59 Å². The smallest absolute Gasteiger partial charge is 0.228 e. The van der Waals surface area contributed by atoms with E-state index in [-0.39, 0.29) is 24.2 Å². The van der Waals surface area contributed by atoms with Crippen molar-refractivity contribution in [2.45, 2.75) is 26.3 Å². The van der Waals surface area contributed by atoms with Gasteiger partial charge in [0.05, 0.1) is 12.5 Å². The van der Waals surface area contributed by atoms with E-state index in [1.54, 1.807) is 6.20 Å². The molecule has 0 fully saturated rings. The second kappa shape index (κ2) is 4.72. The number of ketones is 1. The fourth-order valence-corrected chi connectivity index (χ4v) is 1.38. The molecule has 0 aliphatic heterocycles. The molecule has 1 aromatic rings. The van der Waals surface area contributed by atoms with Crippen molar-refractivity contribution in [3.05, 3.63) is 18.2 Å². The minimum absolute atomic E-state index is 0.0746. The molecule has 0 aliphatic carbocycles. The second-order valence-electron chi connectivity index (χ2n) is 3.56. The Morgan fingerprint density at radius 3 is 2.73 bits per heavy atom. The molecule has 1 atom stereocenters. The van der Waals surface area contributed by atoms with Gasteiger partial charge in [-0.05, 0) is 13.8 Å². The Bertz CT molecular complexity index is 370. The molecule has 0 spiro atoms. The first kappa shape index (κ1) is 11.4. The van der Waals surface area contributed by atoms with E-state index in [2.05, 4.69) is 10.3 Å². The van der Waals surface area contributed by atoms with E-state index in [0.717, 1.165) is 5.82 Å². The van der Waals surface area contributed by atoms with Gasteiger partial charge in [0.25, 0.3) is 0 Å². The number of carbonyl (C=O) groups is 2. The Morgan fingerprint density at radius 1 is 1.60 bits per heavy atom. The number of hydrogen-bond donors (Lipinski definition) is 1. The molecule has 0 saturated heterocycles. The highest BCUT2D eigenvalue weighted by Gasteiger charge is 2.13. The molecule has 0 aliphatic rings. The Balaban J connectivity index is 2.56. The lowest BCUT2D eigenvalue weighted by Crippen LogP contribution is -2.29. The third-order valence-electron chi connectivity index (χ3n) is 2.03. The highest BCUT2D eigenvalue weighted by molar-refractivity contribution is 5.96. The van der Waals surface area contributed by atoms with Crippen molar-refractivity contribution >= 4 is 11.7 Å². The SMILES string of the molecule is CC(=O)CC(=O)NC(C)c1nccn1C. The van der Waals surface area contributed by atoms with Crippen LogP contribution >= 0.6 is 0 Å². The quantitative estimate of drug-likeness (QED) is 0.737. The Labute approximate surface area is 88.5 Å². The number of hydrogen-bond acceptors (Lipinski definition) is 3. The Morgan fingerprint density at radius 2 is 2.27 bits per heavy atom. The summed E-state index contributed by atoms with van der Waals surface area (Å²) < 4.78 is 1.83. The number of aromatic nitrogens is 2. The van der Waals surface area contributed by atoms with E-state index in [4.69, 9.17) is 0 Å². The molecule has 0 radical (unpaired) electrons. The lowest BCUT2D eigenvalue weighted by molar-refractivity contribution is -0.127. The van der Waals surface area contributed by atoms with Gasteiger partial charge in [0.15, 0.2) is 0 Å². The zero-order valence-electron chi connectivity index (χ0n) is 9.15. The first-order valence-electron chi connectivity index (χ1n) is 4.76. The van der Waals surface area contributed by atoms with E-state index in [0.29, 0.717) is 0 Å². The molecule has 1 aromatic heterocycles. The number of Topliss-reactive ketones (excluding diaryl/α,β-unsaturated/α-hetero) is 1. The zero-order chi connectivity index (χ0) is 11.4. The van der Waals surface area contributed by atoms with Crippen LogP contribution in [0.3, 0.4) is 0 Å². The van der Waals surface area contributed by atoms with Gasteiger partial charge in [0, 0.05) is 19.4 Å². The predicted molar refractivity (Wildman–Crippen MR) is 55.1 cm³/mol. The number of nitrogens with zero attached hydrogens (tertiary/aromatic N) is 2. The highest BCUT2D eigenvalue weighted by atomic mass is 16.2. The molecular formula is C10H15N3O2. The van der Waals surface area contributed by atoms with Gasteiger partial charge in [-0.2, -0.15) is 0 Å². The molecule has 82 valence electrons. The number of carbonyl (C=O) groups excluding carboxylic acids is 2. The van der Waals surface area contributed by atoms with Crippen molar-refractivity contribution in [1.29, 1.82) is 0 Å². The van der Waals surface area contributed by atoms with E-state index in [1.807, 2.05) is 24.7 Å². The summed E-state index contributed by atoms with van der Waals surface area (Å²) in [5, 5.41) is 2.71. The van der Waals surface area contributed by atoms with Gasteiger partial charge >= 0.3 is 0 Å². The number of aryl methyl sites for hydroxylation is 1. The lowest BCUT2D eigenvalue weighted by Gasteiger charge is -2.12. The van der Waals surface area contributed by atoms with Gasteiger partial charge < -0.3 is 9.88 Å². The maximum Gasteiger partial charge on any atom is 0.228 e. The average Bonchev–Trinajstić information content (AvgIpc) is 2.49. The first-order chi connectivity index (χ1) is 7.00. The third kappa shape index (κ3) is 3.19. The van der Waals surface area contributed by atoms with Crippen molar-refractivity contribution in [3.63, 3.8) is 0 Å². The maximum absolute atomic E-state index is 11.3. The van der Waals surface area contributed by atoms with Crippen molar-refractivity contribution in [3.8, 4) is 0 Å². The summed E-state index contributed by atoms with van der Waals surface area (Å²) in [6.07, 6.45) is 3.40. The molecule has 1 unspecified atom stereocenters. The summed E-state index contributed by atoms with van der Waals surface area (Å²) in [5.41, 5.74) is 0. The van der Waals surface area contributed by atoms with Crippen LogP contribution in [0.25, 0.3) is 0 Å². The monoisotopic (exact) mass is 209 g/mol. The van der Waals surface area contributed by atoms with Crippen molar-refractivity contribution in [2.75, 3.05) is 0 Å². The van der Waals surface area contributed by atoms with Crippen LogP contribution in [0.1, 0.15) is 32.1 Å². The van der Waals surface area contributed by atoms with Gasteiger partial charge in [-0.15, -0.1) is 0 Å². The summed E-state index contributed by atoms with van der Waals surface area (Å²) in [6.45, 7) is 3.23. The maximum atomic E-state index is 11.3. The molecule has 0 saturated carbocycles. The van der Waals surface area contributed by atoms with Gasteiger partial charge in [-0.25, -0.2) is 4.98 Å². The van der Waals surface area contributed by atoms with E-state index in [9.17, 15) is 9.59 Å². The lowest BCUT2D eigenvalue weighted by atomic mass is 10.2. The van der Waals surface area contributed by atoms with Crippen LogP contribution in [0.4, 0.5) is 0 Å². The number of rotatable bonds is 4. The molecule has 1 heterocycles. The summed E-state index contributed by atoms with van der Waals surface area (Å²) >= 11 is 0. The van der Waals surface area contributed by atoms with Crippen LogP contribution < -0.4 is 5.32 Å². The van der Waals surface area contributed by atoms with Crippen LogP contribution in [0, 0.1) is 0 Å². The van der Waals surface area contributed by atoms with Crippen molar-refractivity contribution in [1.82, 2.24) is 14.9 Å². The van der Waals surface area contributed by atoms with Crippen molar-refractivity contribution < 1.29 is 9.59 Å². The molecular weight excluding hydrogens is 194 g/mol. The van der Waals surface area contributed by atoms with Crippen LogP contribution in [0.5, 0.6) is 0 Å². The Kier molecular flexibility index (Phi) is 3.60. The van der Waals surface area contributed by atoms with Gasteiger partial charge in [0.2, 0.25) is 5.91 Å². The third-order valence-corrected chi connectivity index (χ3v) is 2.03. The summed E-state index contributed by atoms with van der Waals surface area (Å²) in [4.78, 5) is 26.1. The first-order valence-corrected chi connectivity index (χ1v) is 4.76. The number of imidazole rings is 1. The van der Waals surface area contributed by atoms with Crippen LogP contribution in [-0.4, -0.2) is 21.2 Å². The van der Waals surface area contributed by atoms with E-state index >= 15 is 0 Å². The summed E-state index contributed by atoms with van der Waals surface area (Å²) in [7, 11) is 1.86. The van der Waals surface area contributed by atoms with Crippen molar-refractivity contribution in [2.24, 2.45) is 7.05 Å². The second-order valence-corrected chi connectivity index (χ2v) is 3.56. The van der Waals surface area contributed by atoms with Gasteiger partial charge in [0.1, 0.15) is 11.6 Å². The van der Waals surface area contributed by atoms with E-state index < -0.39 is 0 Å². The van der Waals surface area contributed by atoms with Crippen LogP contribution in [0.15, 0.2) is 12.4 Å². The largest absolute Gasteiger partial charge is 0.346 e. The minimum Gasteiger partial charge on any atom is -0.346 e. The number of amides is 1. The number of nitrogens with one attached hydrogen (secondary N) is 1. The fourth-order valence-electron chi connectivity index (χ4n) is 1.38. The molecule has 0 bridgehead atoms. The molecule has 1 N–H and O–H groups in total. The molecule has 1 rings (SSSR count). The summed E-state index contributed by atoms with van der Waals surface area (Å²) in [6, 6.07) is -0.183. The fraction of sp³-hybridized carbons (Fsp3) is 0.500. The zero-order valence-corrected chi connectivity index (χ0v) is 9.15. The molecule has 15 heavy (non-hydrogen) atoms. The minimum atomic E-state index is -0.266. The predicted octanol–water partition coefficient (Wildman–Crippen LogP) is 0.576. The molecule has 1 amide bonds. The van der Waals surface area contributed by atoms with Crippen LogP contribution in [-0.2, 0) is 16.6 Å². The van der Waals surface area contributed by atoms with Gasteiger partial charge in [-0.1, -0.05) is 0 Å². The highest BCUT2D eigenvalue weighted by Crippen LogP contribution is 2.08. The topological polar surface area (TPSA) is 64.0 Å². The molecule has 5 nitrogen and oxygen atoms in total.